The molecule has 0 saturated carbocycles. The molecular weight excluding hydrogens is 288 g/mol. The molecule has 0 aliphatic heterocycles. The number of carbonyl (C=O) groups excluding carboxylic acids is 1. The molecule has 0 atom stereocenters. The maximum atomic E-state index is 11.9. The predicted molar refractivity (Wildman–Crippen MR) is 82.8 cm³/mol. The first-order chi connectivity index (χ1) is 10.1. The average Bonchev–Trinajstić information content (AvgIpc) is 2.94. The third-order valence-corrected chi connectivity index (χ3v) is 3.76. The van der Waals surface area contributed by atoms with Crippen molar-refractivity contribution in [2.24, 2.45) is 0 Å². The van der Waals surface area contributed by atoms with Crippen LogP contribution in [-0.4, -0.2) is 33.5 Å². The molecule has 0 spiro atoms. The number of nitrogens with zero attached hydrogens (tertiary/aromatic N) is 3. The first kappa shape index (κ1) is 15.4. The van der Waals surface area contributed by atoms with Gasteiger partial charge in [0.15, 0.2) is 5.16 Å². The number of anilines is 1. The summed E-state index contributed by atoms with van der Waals surface area (Å²) in [6, 6.07) is 7.49. The Morgan fingerprint density at radius 1 is 1.38 bits per heavy atom. The molecular formula is C14H18N4O2S. The lowest BCUT2D eigenvalue weighted by atomic mass is 10.3. The molecule has 1 aromatic heterocycles. The largest absolute Gasteiger partial charge is 0.497 e. The molecule has 1 N–H and O–H groups in total. The van der Waals surface area contributed by atoms with Crippen LogP contribution in [0.4, 0.5) is 5.69 Å². The van der Waals surface area contributed by atoms with Crippen molar-refractivity contribution in [1.29, 1.82) is 0 Å². The van der Waals surface area contributed by atoms with Gasteiger partial charge >= 0.3 is 0 Å². The van der Waals surface area contributed by atoms with E-state index in [0.29, 0.717) is 0 Å². The van der Waals surface area contributed by atoms with Gasteiger partial charge in [-0.25, -0.2) is 0 Å². The Bertz CT molecular complexity index is 595. The van der Waals surface area contributed by atoms with Crippen LogP contribution in [0.2, 0.25) is 0 Å². The lowest BCUT2D eigenvalue weighted by Crippen LogP contribution is -2.14. The summed E-state index contributed by atoms with van der Waals surface area (Å²) >= 11 is 1.37. The highest BCUT2D eigenvalue weighted by molar-refractivity contribution is 7.99. The fourth-order valence-electron chi connectivity index (χ4n) is 1.69. The number of hydrogen-bond donors (Lipinski definition) is 1. The molecule has 0 bridgehead atoms. The summed E-state index contributed by atoms with van der Waals surface area (Å²) in [7, 11) is 1.61. The highest BCUT2D eigenvalue weighted by Crippen LogP contribution is 2.19. The molecule has 0 unspecified atom stereocenters. The summed E-state index contributed by atoms with van der Waals surface area (Å²) in [5, 5.41) is 11.5. The van der Waals surface area contributed by atoms with Crippen molar-refractivity contribution in [3.63, 3.8) is 0 Å². The van der Waals surface area contributed by atoms with Crippen LogP contribution in [0.1, 0.15) is 19.9 Å². The highest BCUT2D eigenvalue weighted by atomic mass is 32.2. The fraction of sp³-hybridized carbons (Fsp3) is 0.357. The van der Waals surface area contributed by atoms with Gasteiger partial charge in [0.05, 0.1) is 12.9 Å². The molecule has 2 aromatic rings. The maximum absolute atomic E-state index is 11.9. The molecule has 1 aromatic carbocycles. The van der Waals surface area contributed by atoms with Crippen LogP contribution in [0, 0.1) is 0 Å². The Balaban J connectivity index is 1.88. The van der Waals surface area contributed by atoms with Crippen LogP contribution in [0.25, 0.3) is 0 Å². The van der Waals surface area contributed by atoms with Crippen LogP contribution in [0.5, 0.6) is 5.75 Å². The van der Waals surface area contributed by atoms with Gasteiger partial charge in [-0.05, 0) is 38.1 Å². The SMILES string of the molecule is COc1ccc(NC(=O)CSc2nncn2C(C)C)cc1. The number of hydrogen-bond acceptors (Lipinski definition) is 5. The number of rotatable bonds is 6. The van der Waals surface area contributed by atoms with Crippen LogP contribution >= 0.6 is 11.8 Å². The van der Waals surface area contributed by atoms with Crippen molar-refractivity contribution in [2.45, 2.75) is 25.0 Å². The van der Waals surface area contributed by atoms with E-state index >= 15 is 0 Å². The van der Waals surface area contributed by atoms with E-state index < -0.39 is 0 Å². The van der Waals surface area contributed by atoms with Crippen molar-refractivity contribution in [3.8, 4) is 5.75 Å². The third-order valence-electron chi connectivity index (χ3n) is 2.80. The van der Waals surface area contributed by atoms with Crippen molar-refractivity contribution in [1.82, 2.24) is 14.8 Å². The molecule has 0 fully saturated rings. The Hall–Kier alpha value is -2.02. The van der Waals surface area contributed by atoms with Crippen molar-refractivity contribution >= 4 is 23.4 Å². The van der Waals surface area contributed by atoms with E-state index in [4.69, 9.17) is 4.74 Å². The average molecular weight is 306 g/mol. The zero-order chi connectivity index (χ0) is 15.2. The van der Waals surface area contributed by atoms with E-state index in [1.54, 1.807) is 37.7 Å². The molecule has 0 radical (unpaired) electrons. The molecule has 6 nitrogen and oxygen atoms in total. The topological polar surface area (TPSA) is 69.0 Å². The summed E-state index contributed by atoms with van der Waals surface area (Å²) in [6.07, 6.45) is 1.67. The smallest absolute Gasteiger partial charge is 0.234 e. The molecule has 1 amide bonds. The number of amides is 1. The van der Waals surface area contributed by atoms with E-state index in [1.807, 2.05) is 18.4 Å². The van der Waals surface area contributed by atoms with E-state index in [2.05, 4.69) is 15.5 Å². The maximum Gasteiger partial charge on any atom is 0.234 e. The van der Waals surface area contributed by atoms with Gasteiger partial charge in [0, 0.05) is 11.7 Å². The molecule has 0 saturated heterocycles. The number of nitrogens with one attached hydrogen (secondary N) is 1. The standard InChI is InChI=1S/C14H18N4O2S/c1-10(2)18-9-15-17-14(18)21-8-13(19)16-11-4-6-12(20-3)7-5-11/h4-7,9-10H,8H2,1-3H3,(H,16,19). The van der Waals surface area contributed by atoms with Gasteiger partial charge in [-0.3, -0.25) is 4.79 Å². The number of aromatic nitrogens is 3. The number of benzene rings is 1. The Kier molecular flexibility index (Phi) is 5.21. The first-order valence-electron chi connectivity index (χ1n) is 6.56. The van der Waals surface area contributed by atoms with E-state index in [0.717, 1.165) is 16.6 Å². The normalized spacial score (nSPS) is 10.7. The predicted octanol–water partition coefficient (Wildman–Crippen LogP) is 2.60. The number of carbonyl (C=O) groups is 1. The fourth-order valence-corrected chi connectivity index (χ4v) is 2.54. The van der Waals surface area contributed by atoms with Crippen LogP contribution < -0.4 is 10.1 Å². The minimum Gasteiger partial charge on any atom is -0.497 e. The summed E-state index contributed by atoms with van der Waals surface area (Å²) < 4.78 is 7.01. The zero-order valence-electron chi connectivity index (χ0n) is 12.2. The van der Waals surface area contributed by atoms with Crippen molar-refractivity contribution in [2.75, 3.05) is 18.2 Å². The summed E-state index contributed by atoms with van der Waals surface area (Å²) in [6.45, 7) is 4.09. The van der Waals surface area contributed by atoms with Gasteiger partial charge in [-0.15, -0.1) is 10.2 Å². The second kappa shape index (κ2) is 7.12. The number of methoxy groups -OCH3 is 1. The summed E-state index contributed by atoms with van der Waals surface area (Å²) in [5.41, 5.74) is 0.742. The molecule has 21 heavy (non-hydrogen) atoms. The van der Waals surface area contributed by atoms with Crippen LogP contribution in [-0.2, 0) is 4.79 Å². The molecule has 2 rings (SSSR count). The van der Waals surface area contributed by atoms with Gasteiger partial charge in [-0.1, -0.05) is 11.8 Å². The van der Waals surface area contributed by atoms with E-state index in [9.17, 15) is 4.79 Å². The molecule has 7 heteroatoms. The van der Waals surface area contributed by atoms with Gasteiger partial charge in [0.25, 0.3) is 0 Å². The number of thioether (sulfide) groups is 1. The number of ether oxygens (including phenoxy) is 1. The van der Waals surface area contributed by atoms with Crippen molar-refractivity contribution < 1.29 is 9.53 Å². The minimum absolute atomic E-state index is 0.0801. The summed E-state index contributed by atoms with van der Waals surface area (Å²) in [5.74, 6) is 0.966. The second-order valence-corrected chi connectivity index (χ2v) is 5.62. The minimum atomic E-state index is -0.0801. The lowest BCUT2D eigenvalue weighted by Gasteiger charge is -2.09. The summed E-state index contributed by atoms with van der Waals surface area (Å²) in [4.78, 5) is 11.9. The Morgan fingerprint density at radius 2 is 2.10 bits per heavy atom. The quantitative estimate of drug-likeness (QED) is 0.831. The van der Waals surface area contributed by atoms with E-state index in [1.165, 1.54) is 11.8 Å². The van der Waals surface area contributed by atoms with Crippen LogP contribution in [0.3, 0.4) is 0 Å². The zero-order valence-corrected chi connectivity index (χ0v) is 13.1. The first-order valence-corrected chi connectivity index (χ1v) is 7.55. The Morgan fingerprint density at radius 3 is 2.71 bits per heavy atom. The van der Waals surface area contributed by atoms with Gasteiger partial charge in [-0.2, -0.15) is 0 Å². The van der Waals surface area contributed by atoms with Gasteiger partial charge < -0.3 is 14.6 Å². The monoisotopic (exact) mass is 306 g/mol. The van der Waals surface area contributed by atoms with Gasteiger partial charge in [0.2, 0.25) is 5.91 Å². The third kappa shape index (κ3) is 4.22. The lowest BCUT2D eigenvalue weighted by molar-refractivity contribution is -0.113. The molecule has 0 aliphatic carbocycles. The highest BCUT2D eigenvalue weighted by Gasteiger charge is 2.10. The molecule has 1 heterocycles. The Labute approximate surface area is 127 Å². The molecule has 112 valence electrons. The van der Waals surface area contributed by atoms with Gasteiger partial charge in [0.1, 0.15) is 12.1 Å². The van der Waals surface area contributed by atoms with Crippen LogP contribution in [0.15, 0.2) is 35.7 Å². The second-order valence-electron chi connectivity index (χ2n) is 4.68. The van der Waals surface area contributed by atoms with E-state index in [-0.39, 0.29) is 17.7 Å². The van der Waals surface area contributed by atoms with Crippen molar-refractivity contribution in [3.05, 3.63) is 30.6 Å². The molecule has 0 aliphatic rings.